The molecule has 134 valence electrons. The standard InChI is InChI=1S/C20H21N3O3/c1-4-18(19(24)23-15-7-5-12(2)13(3)9-15)26-20(25)14-6-8-16-17(10-14)22-11-21-16/h5-11,18H,4H2,1-3H3,(H,21,22)(H,23,24). The Labute approximate surface area is 151 Å². The molecule has 2 aromatic carbocycles. The van der Waals surface area contributed by atoms with Crippen molar-refractivity contribution in [1.29, 1.82) is 0 Å². The van der Waals surface area contributed by atoms with E-state index in [2.05, 4.69) is 15.3 Å². The van der Waals surface area contributed by atoms with Crippen molar-refractivity contribution >= 4 is 28.6 Å². The highest BCUT2D eigenvalue weighted by Gasteiger charge is 2.22. The molecule has 0 saturated heterocycles. The number of aryl methyl sites for hydroxylation is 2. The van der Waals surface area contributed by atoms with Crippen LogP contribution in [-0.4, -0.2) is 27.9 Å². The fourth-order valence-corrected chi connectivity index (χ4v) is 2.62. The third-order valence-corrected chi connectivity index (χ3v) is 4.34. The number of carbonyl (C=O) groups is 2. The van der Waals surface area contributed by atoms with Gasteiger partial charge in [-0.1, -0.05) is 13.0 Å². The van der Waals surface area contributed by atoms with Gasteiger partial charge in [0.05, 0.1) is 22.9 Å². The van der Waals surface area contributed by atoms with E-state index in [-0.39, 0.29) is 5.91 Å². The topological polar surface area (TPSA) is 84.1 Å². The number of benzene rings is 2. The van der Waals surface area contributed by atoms with Gasteiger partial charge in [-0.2, -0.15) is 0 Å². The molecule has 0 fully saturated rings. The molecule has 0 aliphatic carbocycles. The fourth-order valence-electron chi connectivity index (χ4n) is 2.62. The van der Waals surface area contributed by atoms with Crippen LogP contribution in [0.3, 0.4) is 0 Å². The molecule has 1 unspecified atom stereocenters. The van der Waals surface area contributed by atoms with Crippen molar-refractivity contribution in [2.24, 2.45) is 0 Å². The Morgan fingerprint density at radius 3 is 2.69 bits per heavy atom. The van der Waals surface area contributed by atoms with E-state index in [0.29, 0.717) is 17.7 Å². The fraction of sp³-hybridized carbons (Fsp3) is 0.250. The van der Waals surface area contributed by atoms with E-state index in [1.807, 2.05) is 32.0 Å². The molecule has 0 bridgehead atoms. The highest BCUT2D eigenvalue weighted by atomic mass is 16.5. The average Bonchev–Trinajstić information content (AvgIpc) is 3.10. The van der Waals surface area contributed by atoms with Crippen LogP contribution in [0.4, 0.5) is 5.69 Å². The van der Waals surface area contributed by atoms with Gasteiger partial charge in [0.2, 0.25) is 0 Å². The van der Waals surface area contributed by atoms with E-state index in [4.69, 9.17) is 4.74 Å². The lowest BCUT2D eigenvalue weighted by Gasteiger charge is -2.16. The minimum Gasteiger partial charge on any atom is -0.449 e. The smallest absolute Gasteiger partial charge is 0.338 e. The summed E-state index contributed by atoms with van der Waals surface area (Å²) in [7, 11) is 0. The summed E-state index contributed by atoms with van der Waals surface area (Å²) in [5, 5.41) is 2.81. The molecule has 6 heteroatoms. The number of hydrogen-bond donors (Lipinski definition) is 2. The lowest BCUT2D eigenvalue weighted by atomic mass is 10.1. The van der Waals surface area contributed by atoms with Crippen LogP contribution in [0.2, 0.25) is 0 Å². The number of hydrogen-bond acceptors (Lipinski definition) is 4. The first kappa shape index (κ1) is 17.7. The summed E-state index contributed by atoms with van der Waals surface area (Å²) < 4.78 is 5.41. The van der Waals surface area contributed by atoms with Crippen molar-refractivity contribution in [1.82, 2.24) is 9.97 Å². The predicted octanol–water partition coefficient (Wildman–Crippen LogP) is 3.75. The normalized spacial score (nSPS) is 12.0. The van der Waals surface area contributed by atoms with Gasteiger partial charge in [0.1, 0.15) is 0 Å². The first-order chi connectivity index (χ1) is 12.5. The molecule has 26 heavy (non-hydrogen) atoms. The van der Waals surface area contributed by atoms with Crippen LogP contribution in [0.1, 0.15) is 34.8 Å². The summed E-state index contributed by atoms with van der Waals surface area (Å²) in [6.07, 6.45) is 1.09. The molecule has 3 aromatic rings. The van der Waals surface area contributed by atoms with Gasteiger partial charge < -0.3 is 15.0 Å². The van der Waals surface area contributed by atoms with Crippen LogP contribution in [0.15, 0.2) is 42.7 Å². The first-order valence-electron chi connectivity index (χ1n) is 8.50. The molecule has 1 aromatic heterocycles. The molecule has 0 radical (unpaired) electrons. The number of fused-ring (bicyclic) bond motifs is 1. The second kappa shape index (κ2) is 7.39. The van der Waals surface area contributed by atoms with Gasteiger partial charge in [-0.3, -0.25) is 4.79 Å². The third kappa shape index (κ3) is 3.74. The molecule has 0 spiro atoms. The van der Waals surface area contributed by atoms with Gasteiger partial charge >= 0.3 is 5.97 Å². The number of anilines is 1. The molecule has 1 heterocycles. The number of ether oxygens (including phenoxy) is 1. The monoisotopic (exact) mass is 351 g/mol. The molecule has 1 amide bonds. The number of carbonyl (C=O) groups excluding carboxylic acids is 2. The Morgan fingerprint density at radius 2 is 1.96 bits per heavy atom. The van der Waals surface area contributed by atoms with Crippen LogP contribution in [0.5, 0.6) is 0 Å². The lowest BCUT2D eigenvalue weighted by Crippen LogP contribution is -2.32. The number of H-pyrrole nitrogens is 1. The maximum Gasteiger partial charge on any atom is 0.338 e. The Bertz CT molecular complexity index is 962. The Balaban J connectivity index is 1.70. The first-order valence-corrected chi connectivity index (χ1v) is 8.50. The number of rotatable bonds is 5. The Morgan fingerprint density at radius 1 is 1.15 bits per heavy atom. The largest absolute Gasteiger partial charge is 0.449 e. The molecule has 0 saturated carbocycles. The molecule has 0 aliphatic rings. The number of imidazole rings is 1. The van der Waals surface area contributed by atoms with Crippen LogP contribution in [0.25, 0.3) is 11.0 Å². The van der Waals surface area contributed by atoms with Gasteiger partial charge in [-0.05, 0) is 61.7 Å². The molecular weight excluding hydrogens is 330 g/mol. The molecule has 6 nitrogen and oxygen atoms in total. The van der Waals surface area contributed by atoms with Crippen molar-refractivity contribution < 1.29 is 14.3 Å². The van der Waals surface area contributed by atoms with E-state index in [1.165, 1.54) is 0 Å². The van der Waals surface area contributed by atoms with Gasteiger partial charge in [0.25, 0.3) is 5.91 Å². The highest BCUT2D eigenvalue weighted by Crippen LogP contribution is 2.17. The maximum absolute atomic E-state index is 12.5. The number of nitrogens with one attached hydrogen (secondary N) is 2. The van der Waals surface area contributed by atoms with Crippen LogP contribution < -0.4 is 5.32 Å². The van der Waals surface area contributed by atoms with Gasteiger partial charge in [0, 0.05) is 5.69 Å². The van der Waals surface area contributed by atoms with Crippen molar-refractivity contribution in [3.8, 4) is 0 Å². The summed E-state index contributed by atoms with van der Waals surface area (Å²) in [6.45, 7) is 5.79. The minimum absolute atomic E-state index is 0.341. The average molecular weight is 351 g/mol. The molecular formula is C20H21N3O3. The zero-order chi connectivity index (χ0) is 18.7. The molecule has 2 N–H and O–H groups in total. The van der Waals surface area contributed by atoms with E-state index in [9.17, 15) is 9.59 Å². The van der Waals surface area contributed by atoms with Crippen LogP contribution >= 0.6 is 0 Å². The maximum atomic E-state index is 12.5. The lowest BCUT2D eigenvalue weighted by molar-refractivity contribution is -0.124. The SMILES string of the molecule is CCC(OC(=O)c1ccc2nc[nH]c2c1)C(=O)Nc1ccc(C)c(C)c1. The number of amides is 1. The number of aromatic nitrogens is 2. The quantitative estimate of drug-likeness (QED) is 0.686. The van der Waals surface area contributed by atoms with E-state index >= 15 is 0 Å². The van der Waals surface area contributed by atoms with E-state index in [1.54, 1.807) is 31.5 Å². The van der Waals surface area contributed by atoms with Crippen molar-refractivity contribution in [3.05, 3.63) is 59.4 Å². The number of aromatic amines is 1. The summed E-state index contributed by atoms with van der Waals surface area (Å²) in [5.74, 6) is -0.879. The second-order valence-corrected chi connectivity index (χ2v) is 6.22. The van der Waals surface area contributed by atoms with Gasteiger partial charge in [-0.25, -0.2) is 9.78 Å². The molecule has 0 aliphatic heterocycles. The second-order valence-electron chi connectivity index (χ2n) is 6.22. The van der Waals surface area contributed by atoms with Crippen LogP contribution in [-0.2, 0) is 9.53 Å². The third-order valence-electron chi connectivity index (χ3n) is 4.34. The highest BCUT2D eigenvalue weighted by molar-refractivity contribution is 5.98. The minimum atomic E-state index is -0.860. The van der Waals surface area contributed by atoms with E-state index in [0.717, 1.165) is 22.2 Å². The van der Waals surface area contributed by atoms with Crippen molar-refractivity contribution in [2.75, 3.05) is 5.32 Å². The number of nitrogens with zero attached hydrogens (tertiary/aromatic N) is 1. The summed E-state index contributed by atoms with van der Waals surface area (Å²) in [5.41, 5.74) is 4.80. The van der Waals surface area contributed by atoms with Gasteiger partial charge in [0.15, 0.2) is 6.10 Å². The molecule has 3 rings (SSSR count). The van der Waals surface area contributed by atoms with Crippen LogP contribution in [0, 0.1) is 13.8 Å². The Hall–Kier alpha value is -3.15. The van der Waals surface area contributed by atoms with Crippen molar-refractivity contribution in [3.63, 3.8) is 0 Å². The number of esters is 1. The van der Waals surface area contributed by atoms with Gasteiger partial charge in [-0.15, -0.1) is 0 Å². The summed E-state index contributed by atoms with van der Waals surface area (Å²) in [6, 6.07) is 10.7. The zero-order valence-corrected chi connectivity index (χ0v) is 15.0. The zero-order valence-electron chi connectivity index (χ0n) is 15.0. The van der Waals surface area contributed by atoms with Crippen molar-refractivity contribution in [2.45, 2.75) is 33.3 Å². The summed E-state index contributed by atoms with van der Waals surface area (Å²) in [4.78, 5) is 31.9. The molecule has 1 atom stereocenters. The predicted molar refractivity (Wildman–Crippen MR) is 100 cm³/mol. The Kier molecular flexibility index (Phi) is 5.02. The van der Waals surface area contributed by atoms with E-state index < -0.39 is 12.1 Å². The summed E-state index contributed by atoms with van der Waals surface area (Å²) >= 11 is 0.